The molecule has 10 nitrogen and oxygen atoms in total. The third kappa shape index (κ3) is 5.52. The normalized spacial score (nSPS) is 45.4. The molecule has 2 saturated carbocycles. The van der Waals surface area contributed by atoms with Gasteiger partial charge in [-0.25, -0.2) is 0 Å². The van der Waals surface area contributed by atoms with Crippen molar-refractivity contribution in [1.29, 1.82) is 0 Å². The number of rotatable bonds is 6. The summed E-state index contributed by atoms with van der Waals surface area (Å²) in [4.78, 5) is 24.7. The molecule has 5 rings (SSSR count). The van der Waals surface area contributed by atoms with Crippen LogP contribution in [0.4, 0.5) is 0 Å². The maximum Gasteiger partial charge on any atom is 0.311 e. The summed E-state index contributed by atoms with van der Waals surface area (Å²) in [6.07, 6.45) is 3.59. The van der Waals surface area contributed by atoms with Gasteiger partial charge in [-0.1, -0.05) is 6.92 Å². The molecule has 7 atom stereocenters. The van der Waals surface area contributed by atoms with Crippen LogP contribution in [0.25, 0.3) is 0 Å². The molecule has 10 heteroatoms. The summed E-state index contributed by atoms with van der Waals surface area (Å²) in [5.41, 5.74) is 0. The summed E-state index contributed by atoms with van der Waals surface area (Å²) in [6.45, 7) is 3.53. The fourth-order valence-electron chi connectivity index (χ4n) is 6.13. The van der Waals surface area contributed by atoms with Gasteiger partial charge in [0.2, 0.25) is 6.79 Å². The van der Waals surface area contributed by atoms with Gasteiger partial charge in [-0.05, 0) is 64.2 Å². The molecule has 0 bridgehead atoms. The number of aliphatic hydroxyl groups excluding tert-OH is 1. The molecule has 7 unspecified atom stereocenters. The van der Waals surface area contributed by atoms with Crippen molar-refractivity contribution < 1.29 is 47.9 Å². The zero-order chi connectivity index (χ0) is 24.5. The van der Waals surface area contributed by atoms with Crippen LogP contribution in [-0.4, -0.2) is 73.7 Å². The quantitative estimate of drug-likeness (QED) is 0.431. The lowest BCUT2D eigenvalue weighted by Crippen LogP contribution is -2.52. The zero-order valence-corrected chi connectivity index (χ0v) is 20.5. The van der Waals surface area contributed by atoms with E-state index in [1.807, 2.05) is 0 Å². The van der Waals surface area contributed by atoms with Crippen molar-refractivity contribution in [3.8, 4) is 0 Å². The third-order valence-electron chi connectivity index (χ3n) is 8.27. The van der Waals surface area contributed by atoms with Gasteiger partial charge in [-0.2, -0.15) is 0 Å². The van der Waals surface area contributed by atoms with Crippen LogP contribution in [0.5, 0.6) is 0 Å². The minimum absolute atomic E-state index is 0.0743. The minimum atomic E-state index is -0.553. The molecule has 3 heterocycles. The number of fused-ring (bicyclic) bond motifs is 3. The molecule has 35 heavy (non-hydrogen) atoms. The smallest absolute Gasteiger partial charge is 0.311 e. The largest absolute Gasteiger partial charge is 0.428 e. The van der Waals surface area contributed by atoms with Crippen LogP contribution >= 0.6 is 0 Å². The van der Waals surface area contributed by atoms with Crippen LogP contribution < -0.4 is 0 Å². The second kappa shape index (κ2) is 11.0. The van der Waals surface area contributed by atoms with Crippen molar-refractivity contribution >= 4 is 11.9 Å². The molecular weight excluding hydrogens is 460 g/mol. The maximum absolute atomic E-state index is 12.5. The van der Waals surface area contributed by atoms with E-state index in [9.17, 15) is 14.7 Å². The number of hydrogen-bond acceptors (Lipinski definition) is 10. The van der Waals surface area contributed by atoms with Crippen LogP contribution in [0.2, 0.25) is 0 Å². The number of carbonyl (C=O) groups is 2. The van der Waals surface area contributed by atoms with Gasteiger partial charge in [0.1, 0.15) is 24.4 Å². The Kier molecular flexibility index (Phi) is 7.96. The first kappa shape index (κ1) is 25.4. The summed E-state index contributed by atoms with van der Waals surface area (Å²) in [7, 11) is 0. The first-order valence-corrected chi connectivity index (χ1v) is 13.1. The summed E-state index contributed by atoms with van der Waals surface area (Å²) in [5, 5.41) is 9.59. The molecule has 5 fully saturated rings. The molecule has 0 aromatic heterocycles. The highest BCUT2D eigenvalue weighted by molar-refractivity contribution is 5.74. The third-order valence-corrected chi connectivity index (χ3v) is 8.27. The highest BCUT2D eigenvalue weighted by atomic mass is 16.8. The summed E-state index contributed by atoms with van der Waals surface area (Å²) < 4.78 is 40.2. The zero-order valence-electron chi connectivity index (χ0n) is 20.5. The second-order valence-corrected chi connectivity index (χ2v) is 10.7. The Morgan fingerprint density at radius 3 is 1.94 bits per heavy atom. The van der Waals surface area contributed by atoms with Crippen LogP contribution in [-0.2, 0) is 42.7 Å². The van der Waals surface area contributed by atoms with E-state index in [1.165, 1.54) is 0 Å². The second-order valence-electron chi connectivity index (χ2n) is 10.7. The Labute approximate surface area is 205 Å². The van der Waals surface area contributed by atoms with Gasteiger partial charge in [0, 0.05) is 5.92 Å². The van der Waals surface area contributed by atoms with Crippen LogP contribution in [0.3, 0.4) is 0 Å². The standard InChI is InChI=1S/C25H38O10/c1-13-3-5-15(6-4-13)22(27)29-12-30-23(28)16-7-9-17(10-8-16)24-34-21-20-19(33-25(21)35-24)18(11-26)31-14(2)32-20/h13-21,24-26H,3-12H2,1-2H3. The first-order chi connectivity index (χ1) is 16.9. The van der Waals surface area contributed by atoms with Crippen molar-refractivity contribution in [2.75, 3.05) is 13.4 Å². The van der Waals surface area contributed by atoms with Crippen LogP contribution in [0.15, 0.2) is 0 Å². The molecular formula is C25H38O10. The van der Waals surface area contributed by atoms with Gasteiger partial charge >= 0.3 is 11.9 Å². The van der Waals surface area contributed by atoms with E-state index in [1.54, 1.807) is 6.92 Å². The van der Waals surface area contributed by atoms with Gasteiger partial charge < -0.3 is 38.3 Å². The fourth-order valence-corrected chi connectivity index (χ4v) is 6.13. The minimum Gasteiger partial charge on any atom is -0.428 e. The summed E-state index contributed by atoms with van der Waals surface area (Å²) >= 11 is 0. The van der Waals surface area contributed by atoms with Crippen molar-refractivity contribution in [2.45, 2.75) is 108 Å². The average molecular weight is 499 g/mol. The molecule has 3 aliphatic heterocycles. The van der Waals surface area contributed by atoms with Gasteiger partial charge in [0.15, 0.2) is 18.9 Å². The highest BCUT2D eigenvalue weighted by Gasteiger charge is 2.58. The van der Waals surface area contributed by atoms with E-state index >= 15 is 0 Å². The Morgan fingerprint density at radius 2 is 1.31 bits per heavy atom. The fraction of sp³-hybridized carbons (Fsp3) is 0.920. The molecule has 198 valence electrons. The lowest BCUT2D eigenvalue weighted by molar-refractivity contribution is -0.298. The van der Waals surface area contributed by atoms with Crippen LogP contribution in [0.1, 0.15) is 65.2 Å². The van der Waals surface area contributed by atoms with E-state index in [4.69, 9.17) is 33.2 Å². The predicted molar refractivity (Wildman–Crippen MR) is 118 cm³/mol. The molecule has 0 aromatic rings. The highest BCUT2D eigenvalue weighted by Crippen LogP contribution is 2.43. The average Bonchev–Trinajstić information content (AvgIpc) is 3.43. The number of carbonyl (C=O) groups excluding carboxylic acids is 2. The van der Waals surface area contributed by atoms with Crippen molar-refractivity contribution in [3.63, 3.8) is 0 Å². The van der Waals surface area contributed by atoms with Crippen LogP contribution in [0, 0.1) is 23.7 Å². The van der Waals surface area contributed by atoms with E-state index < -0.39 is 31.1 Å². The SMILES string of the molecule is CC1CCC(C(=O)OCOC(=O)C2CCC(C3OC4OC5C(CO)OC(C)OC5C4O3)CC2)CC1. The lowest BCUT2D eigenvalue weighted by atomic mass is 9.81. The predicted octanol–water partition coefficient (Wildman–Crippen LogP) is 2.25. The maximum atomic E-state index is 12.5. The Bertz CT molecular complexity index is 745. The van der Waals surface area contributed by atoms with E-state index in [0.717, 1.165) is 38.5 Å². The van der Waals surface area contributed by atoms with E-state index in [-0.39, 0.29) is 55.3 Å². The van der Waals surface area contributed by atoms with Crippen molar-refractivity contribution in [1.82, 2.24) is 0 Å². The van der Waals surface area contributed by atoms with Crippen molar-refractivity contribution in [3.05, 3.63) is 0 Å². The molecule has 0 aromatic carbocycles. The molecule has 2 aliphatic carbocycles. The Balaban J connectivity index is 1.02. The molecule has 0 radical (unpaired) electrons. The van der Waals surface area contributed by atoms with Gasteiger partial charge in [0.25, 0.3) is 0 Å². The van der Waals surface area contributed by atoms with Gasteiger partial charge in [-0.15, -0.1) is 0 Å². The van der Waals surface area contributed by atoms with E-state index in [0.29, 0.717) is 18.8 Å². The number of ether oxygens (including phenoxy) is 7. The molecule has 1 N–H and O–H groups in total. The molecule has 3 saturated heterocycles. The molecule has 0 spiro atoms. The van der Waals surface area contributed by atoms with Gasteiger partial charge in [0.05, 0.1) is 18.4 Å². The topological polar surface area (TPSA) is 119 Å². The Morgan fingerprint density at radius 1 is 0.714 bits per heavy atom. The van der Waals surface area contributed by atoms with E-state index in [2.05, 4.69) is 6.92 Å². The molecule has 5 aliphatic rings. The monoisotopic (exact) mass is 498 g/mol. The number of hydrogen-bond donors (Lipinski definition) is 1. The van der Waals surface area contributed by atoms with Gasteiger partial charge in [-0.3, -0.25) is 9.59 Å². The lowest BCUT2D eigenvalue weighted by Gasteiger charge is -2.37. The number of aliphatic hydroxyl groups is 1. The van der Waals surface area contributed by atoms with Crippen molar-refractivity contribution in [2.24, 2.45) is 23.7 Å². The Hall–Kier alpha value is -1.30. The number of esters is 2. The first-order valence-electron chi connectivity index (χ1n) is 13.1. The summed E-state index contributed by atoms with van der Waals surface area (Å²) in [6, 6.07) is 0. The summed E-state index contributed by atoms with van der Waals surface area (Å²) in [5.74, 6) is -0.0592. The molecule has 0 amide bonds.